The average Bonchev–Trinajstić information content (AvgIpc) is 3.17. The Labute approximate surface area is 160 Å². The lowest BCUT2D eigenvalue weighted by Crippen LogP contribution is -2.44. The van der Waals surface area contributed by atoms with Crippen LogP contribution in [0.4, 0.5) is 10.5 Å². The lowest BCUT2D eigenvalue weighted by atomic mass is 9.94. The maximum atomic E-state index is 12.7. The largest absolute Gasteiger partial charge is 0.325 e. The number of fused-ring (bicyclic) bond motifs is 1. The first kappa shape index (κ1) is 19.4. The van der Waals surface area contributed by atoms with Crippen molar-refractivity contribution in [2.45, 2.75) is 70.8 Å². The van der Waals surface area contributed by atoms with Crippen LogP contribution in [0, 0.1) is 0 Å². The fraction of sp³-hybridized carbons (Fsp3) is 0.571. The molecule has 146 valence electrons. The number of nitrogens with zero attached hydrogens (tertiary/aromatic N) is 1. The van der Waals surface area contributed by atoms with E-state index in [4.69, 9.17) is 0 Å². The van der Waals surface area contributed by atoms with Gasteiger partial charge in [-0.3, -0.25) is 14.5 Å². The molecule has 0 bridgehead atoms. The van der Waals surface area contributed by atoms with Crippen LogP contribution in [0.15, 0.2) is 18.2 Å². The topological polar surface area (TPSA) is 78.5 Å². The molecular weight excluding hydrogens is 342 g/mol. The number of amides is 4. The molecule has 27 heavy (non-hydrogen) atoms. The van der Waals surface area contributed by atoms with Crippen molar-refractivity contribution in [1.82, 2.24) is 10.2 Å². The maximum absolute atomic E-state index is 12.7. The standard InChI is InChI=1S/C21H29N3O3/c1-3-4-5-6-12-21(2)19(26)24(20(27)23-21)14-18(25)22-17-11-10-15-8-7-9-16(15)13-17/h10-11,13H,3-9,12,14H2,1-2H3,(H,22,25)(H,23,27)/t21-/m1/s1. The van der Waals surface area contributed by atoms with Crippen molar-refractivity contribution in [2.75, 3.05) is 11.9 Å². The summed E-state index contributed by atoms with van der Waals surface area (Å²) in [5.74, 6) is -0.667. The van der Waals surface area contributed by atoms with E-state index < -0.39 is 11.6 Å². The first-order valence-corrected chi connectivity index (χ1v) is 9.99. The SMILES string of the molecule is CCCCCC[C@@]1(C)NC(=O)N(CC(=O)Nc2ccc3c(c2)CCC3)C1=O. The van der Waals surface area contributed by atoms with Gasteiger partial charge in [0.05, 0.1) is 0 Å². The average molecular weight is 371 g/mol. The molecule has 0 radical (unpaired) electrons. The summed E-state index contributed by atoms with van der Waals surface area (Å²) in [6.07, 6.45) is 8.01. The van der Waals surface area contributed by atoms with Crippen LogP contribution in [-0.2, 0) is 22.4 Å². The van der Waals surface area contributed by atoms with Gasteiger partial charge in [-0.05, 0) is 55.9 Å². The summed E-state index contributed by atoms with van der Waals surface area (Å²) in [6, 6.07) is 5.43. The van der Waals surface area contributed by atoms with E-state index in [9.17, 15) is 14.4 Å². The molecule has 6 heteroatoms. The summed E-state index contributed by atoms with van der Waals surface area (Å²) in [4.78, 5) is 38.4. The third-order valence-electron chi connectivity index (χ3n) is 5.56. The summed E-state index contributed by atoms with van der Waals surface area (Å²) < 4.78 is 0. The van der Waals surface area contributed by atoms with Gasteiger partial charge < -0.3 is 10.6 Å². The highest BCUT2D eigenvalue weighted by Gasteiger charge is 2.47. The summed E-state index contributed by atoms with van der Waals surface area (Å²) in [5, 5.41) is 5.58. The zero-order valence-corrected chi connectivity index (χ0v) is 16.3. The molecule has 1 atom stereocenters. The Bertz CT molecular complexity index is 746. The van der Waals surface area contributed by atoms with Crippen molar-refractivity contribution in [2.24, 2.45) is 0 Å². The van der Waals surface area contributed by atoms with E-state index in [2.05, 4.69) is 17.6 Å². The number of hydrogen-bond donors (Lipinski definition) is 2. The lowest BCUT2D eigenvalue weighted by molar-refractivity contribution is -0.133. The second kappa shape index (κ2) is 8.11. The minimum absolute atomic E-state index is 0.258. The molecular formula is C21H29N3O3. The van der Waals surface area contributed by atoms with E-state index in [0.29, 0.717) is 6.42 Å². The number of unbranched alkanes of at least 4 members (excludes halogenated alkanes) is 3. The summed E-state index contributed by atoms with van der Waals surface area (Å²) in [5.41, 5.74) is 2.41. The number of imide groups is 1. The minimum atomic E-state index is -0.904. The number of anilines is 1. The van der Waals surface area contributed by atoms with Crippen LogP contribution in [0.3, 0.4) is 0 Å². The number of nitrogens with one attached hydrogen (secondary N) is 2. The van der Waals surface area contributed by atoms with Crippen molar-refractivity contribution in [3.8, 4) is 0 Å². The van der Waals surface area contributed by atoms with Crippen molar-refractivity contribution in [3.63, 3.8) is 0 Å². The van der Waals surface area contributed by atoms with E-state index in [-0.39, 0.29) is 18.4 Å². The van der Waals surface area contributed by atoms with Gasteiger partial charge >= 0.3 is 6.03 Å². The Hall–Kier alpha value is -2.37. The lowest BCUT2D eigenvalue weighted by Gasteiger charge is -2.21. The second-order valence-electron chi connectivity index (χ2n) is 7.85. The highest BCUT2D eigenvalue weighted by Crippen LogP contribution is 2.26. The van der Waals surface area contributed by atoms with Gasteiger partial charge in [0, 0.05) is 5.69 Å². The molecule has 1 aromatic carbocycles. The van der Waals surface area contributed by atoms with Gasteiger partial charge in [0.15, 0.2) is 0 Å². The molecule has 1 fully saturated rings. The van der Waals surface area contributed by atoms with Gasteiger partial charge in [-0.2, -0.15) is 0 Å². The van der Waals surface area contributed by atoms with E-state index in [1.54, 1.807) is 6.92 Å². The summed E-state index contributed by atoms with van der Waals surface area (Å²) in [6.45, 7) is 3.62. The van der Waals surface area contributed by atoms with Crippen LogP contribution in [0.2, 0.25) is 0 Å². The molecule has 1 aliphatic heterocycles. The predicted octanol–water partition coefficient (Wildman–Crippen LogP) is 3.39. The fourth-order valence-corrected chi connectivity index (χ4v) is 3.96. The van der Waals surface area contributed by atoms with Gasteiger partial charge in [0.2, 0.25) is 5.91 Å². The number of urea groups is 1. The highest BCUT2D eigenvalue weighted by molar-refractivity contribution is 6.09. The van der Waals surface area contributed by atoms with Gasteiger partial charge in [-0.1, -0.05) is 38.7 Å². The first-order valence-electron chi connectivity index (χ1n) is 9.99. The first-order chi connectivity index (χ1) is 12.9. The Morgan fingerprint density at radius 2 is 1.96 bits per heavy atom. The van der Waals surface area contributed by atoms with E-state index >= 15 is 0 Å². The molecule has 6 nitrogen and oxygen atoms in total. The van der Waals surface area contributed by atoms with E-state index in [1.807, 2.05) is 18.2 Å². The van der Waals surface area contributed by atoms with Crippen molar-refractivity contribution in [1.29, 1.82) is 0 Å². The number of carbonyl (C=O) groups excluding carboxylic acids is 3. The molecule has 1 aromatic rings. The number of rotatable bonds is 8. The molecule has 1 saturated heterocycles. The summed E-state index contributed by atoms with van der Waals surface area (Å²) >= 11 is 0. The van der Waals surface area contributed by atoms with E-state index in [1.165, 1.54) is 11.1 Å². The molecule has 3 rings (SSSR count). The fourth-order valence-electron chi connectivity index (χ4n) is 3.96. The Morgan fingerprint density at radius 3 is 2.74 bits per heavy atom. The molecule has 2 N–H and O–H groups in total. The van der Waals surface area contributed by atoms with Crippen LogP contribution in [-0.4, -0.2) is 34.8 Å². The molecule has 1 aliphatic carbocycles. The monoisotopic (exact) mass is 371 g/mol. The zero-order chi connectivity index (χ0) is 19.4. The summed E-state index contributed by atoms with van der Waals surface area (Å²) in [7, 11) is 0. The van der Waals surface area contributed by atoms with Crippen LogP contribution >= 0.6 is 0 Å². The van der Waals surface area contributed by atoms with E-state index in [0.717, 1.165) is 55.5 Å². The van der Waals surface area contributed by atoms with Gasteiger partial charge in [-0.25, -0.2) is 4.79 Å². The molecule has 0 spiro atoms. The van der Waals surface area contributed by atoms with Gasteiger partial charge in [0.1, 0.15) is 12.1 Å². The molecule has 0 saturated carbocycles. The van der Waals surface area contributed by atoms with Gasteiger partial charge in [0.25, 0.3) is 5.91 Å². The van der Waals surface area contributed by atoms with Crippen molar-refractivity contribution in [3.05, 3.63) is 29.3 Å². The Balaban J connectivity index is 1.57. The molecule has 0 unspecified atom stereocenters. The Kier molecular flexibility index (Phi) is 5.82. The van der Waals surface area contributed by atoms with Gasteiger partial charge in [-0.15, -0.1) is 0 Å². The number of hydrogen-bond acceptors (Lipinski definition) is 3. The quantitative estimate of drug-likeness (QED) is 0.543. The number of benzene rings is 1. The number of carbonyl (C=O) groups is 3. The minimum Gasteiger partial charge on any atom is -0.325 e. The third-order valence-corrected chi connectivity index (χ3v) is 5.56. The third kappa shape index (κ3) is 4.31. The highest BCUT2D eigenvalue weighted by atomic mass is 16.2. The predicted molar refractivity (Wildman–Crippen MR) is 105 cm³/mol. The van der Waals surface area contributed by atoms with Crippen LogP contribution in [0.25, 0.3) is 0 Å². The molecule has 4 amide bonds. The molecule has 1 heterocycles. The molecule has 0 aromatic heterocycles. The van der Waals surface area contributed by atoms with Crippen LogP contribution < -0.4 is 10.6 Å². The molecule has 2 aliphatic rings. The van der Waals surface area contributed by atoms with Crippen molar-refractivity contribution >= 4 is 23.5 Å². The normalized spacial score (nSPS) is 21.3. The second-order valence-corrected chi connectivity index (χ2v) is 7.85. The van der Waals surface area contributed by atoms with Crippen LogP contribution in [0.5, 0.6) is 0 Å². The van der Waals surface area contributed by atoms with Crippen molar-refractivity contribution < 1.29 is 14.4 Å². The smallest absolute Gasteiger partial charge is 0.325 e. The zero-order valence-electron chi connectivity index (χ0n) is 16.3. The number of aryl methyl sites for hydroxylation is 2. The maximum Gasteiger partial charge on any atom is 0.325 e. The Morgan fingerprint density at radius 1 is 1.19 bits per heavy atom. The van der Waals surface area contributed by atoms with Crippen LogP contribution in [0.1, 0.15) is 63.5 Å².